The second-order valence-corrected chi connectivity index (χ2v) is 7.68. The first-order valence-electron chi connectivity index (χ1n) is 10.4. The minimum atomic E-state index is -0.0351. The molecule has 1 aliphatic rings. The lowest BCUT2D eigenvalue weighted by molar-refractivity contribution is 0.0505. The van der Waals surface area contributed by atoms with Crippen LogP contribution in [0.1, 0.15) is 29.5 Å². The van der Waals surface area contributed by atoms with Crippen LogP contribution in [0.5, 0.6) is 5.75 Å². The molecule has 0 saturated carbocycles. The molecule has 0 radical (unpaired) electrons. The maximum absolute atomic E-state index is 5.71. The van der Waals surface area contributed by atoms with E-state index in [1.54, 1.807) is 7.11 Å². The maximum Gasteiger partial charge on any atom is 0.191 e. The van der Waals surface area contributed by atoms with Crippen LogP contribution >= 0.6 is 0 Å². The van der Waals surface area contributed by atoms with Gasteiger partial charge in [0.1, 0.15) is 5.75 Å². The number of guanidine groups is 1. The highest BCUT2D eigenvalue weighted by atomic mass is 16.5. The van der Waals surface area contributed by atoms with Crippen LogP contribution in [0.25, 0.3) is 0 Å². The number of aliphatic imine (C=N–C) groups is 1. The van der Waals surface area contributed by atoms with Crippen LogP contribution in [-0.4, -0.2) is 46.4 Å². The van der Waals surface area contributed by atoms with Crippen LogP contribution in [0.2, 0.25) is 0 Å². The van der Waals surface area contributed by atoms with Crippen molar-refractivity contribution in [1.29, 1.82) is 0 Å². The molecule has 5 heteroatoms. The average molecular weight is 396 g/mol. The molecule has 0 amide bonds. The summed E-state index contributed by atoms with van der Waals surface area (Å²) in [5, 5.41) is 7.01. The van der Waals surface area contributed by atoms with Crippen LogP contribution in [0.3, 0.4) is 0 Å². The van der Waals surface area contributed by atoms with E-state index in [1.165, 1.54) is 16.7 Å². The number of nitrogens with one attached hydrogen (secondary N) is 2. The number of methoxy groups -OCH3 is 1. The number of benzene rings is 2. The Morgan fingerprint density at radius 1 is 1.10 bits per heavy atom. The highest BCUT2D eigenvalue weighted by Gasteiger charge is 2.37. The van der Waals surface area contributed by atoms with Crippen molar-refractivity contribution < 1.29 is 9.47 Å². The van der Waals surface area contributed by atoms with E-state index >= 15 is 0 Å². The first kappa shape index (κ1) is 21.2. The Labute approximate surface area is 174 Å². The average Bonchev–Trinajstić information content (AvgIpc) is 2.77. The zero-order chi connectivity index (χ0) is 20.5. The molecule has 0 spiro atoms. The Morgan fingerprint density at radius 2 is 1.86 bits per heavy atom. The van der Waals surface area contributed by atoms with E-state index < -0.39 is 0 Å². The van der Waals surface area contributed by atoms with E-state index in [0.717, 1.165) is 57.3 Å². The molecule has 1 fully saturated rings. The number of rotatable bonds is 7. The summed E-state index contributed by atoms with van der Waals surface area (Å²) in [7, 11) is 3.57. The summed E-state index contributed by atoms with van der Waals surface area (Å²) in [6, 6.07) is 16.9. The Bertz CT molecular complexity index is 799. The van der Waals surface area contributed by atoms with Crippen LogP contribution < -0.4 is 15.4 Å². The summed E-state index contributed by atoms with van der Waals surface area (Å²) < 4.78 is 11.4. The Kier molecular flexibility index (Phi) is 7.53. The van der Waals surface area contributed by atoms with Crippen LogP contribution in [-0.2, 0) is 16.6 Å². The van der Waals surface area contributed by atoms with Gasteiger partial charge in [-0.15, -0.1) is 0 Å². The van der Waals surface area contributed by atoms with Crippen LogP contribution in [0.4, 0.5) is 0 Å². The van der Waals surface area contributed by atoms with Crippen molar-refractivity contribution in [3.8, 4) is 5.75 Å². The molecule has 2 aromatic rings. The van der Waals surface area contributed by atoms with Gasteiger partial charge < -0.3 is 20.1 Å². The van der Waals surface area contributed by atoms with E-state index in [2.05, 4.69) is 65.0 Å². The number of hydrogen-bond donors (Lipinski definition) is 2. The van der Waals surface area contributed by atoms with Gasteiger partial charge in [0, 0.05) is 44.3 Å². The summed E-state index contributed by atoms with van der Waals surface area (Å²) in [4.78, 5) is 4.42. The second-order valence-electron chi connectivity index (χ2n) is 7.68. The van der Waals surface area contributed by atoms with Crippen LogP contribution in [0.15, 0.2) is 53.5 Å². The topological polar surface area (TPSA) is 54.9 Å². The smallest absolute Gasteiger partial charge is 0.191 e. The monoisotopic (exact) mass is 395 g/mol. The first-order chi connectivity index (χ1) is 14.2. The van der Waals surface area contributed by atoms with Gasteiger partial charge in [0.25, 0.3) is 0 Å². The number of ether oxygens (including phenoxy) is 2. The quantitative estimate of drug-likeness (QED) is 0.557. The molecule has 29 heavy (non-hydrogen) atoms. The summed E-state index contributed by atoms with van der Waals surface area (Å²) in [6.45, 7) is 5.29. The Hall–Kier alpha value is -2.53. The summed E-state index contributed by atoms with van der Waals surface area (Å²) in [5.41, 5.74) is 3.79. The van der Waals surface area contributed by atoms with Gasteiger partial charge in [-0.3, -0.25) is 4.99 Å². The summed E-state index contributed by atoms with van der Waals surface area (Å²) in [6.07, 6.45) is 2.88. The molecule has 0 aromatic heterocycles. The largest absolute Gasteiger partial charge is 0.496 e. The molecule has 156 valence electrons. The zero-order valence-electron chi connectivity index (χ0n) is 17.8. The van der Waals surface area contributed by atoms with Crippen molar-refractivity contribution in [2.24, 2.45) is 4.99 Å². The minimum absolute atomic E-state index is 0.0351. The van der Waals surface area contributed by atoms with Crippen molar-refractivity contribution >= 4 is 5.96 Å². The molecular weight excluding hydrogens is 362 g/mol. The highest BCUT2D eigenvalue weighted by Crippen LogP contribution is 2.40. The Balaban J connectivity index is 1.68. The lowest BCUT2D eigenvalue weighted by atomic mass is 9.73. The highest BCUT2D eigenvalue weighted by molar-refractivity contribution is 5.79. The van der Waals surface area contributed by atoms with Crippen molar-refractivity contribution in [3.05, 3.63) is 65.2 Å². The van der Waals surface area contributed by atoms with Gasteiger partial charge in [-0.05, 0) is 37.8 Å². The van der Waals surface area contributed by atoms with Crippen LogP contribution in [0, 0.1) is 6.92 Å². The third-order valence-electron chi connectivity index (χ3n) is 5.74. The molecule has 0 atom stereocenters. The van der Waals surface area contributed by atoms with Crippen molar-refractivity contribution in [3.63, 3.8) is 0 Å². The molecule has 5 nitrogen and oxygen atoms in total. The standard InChI is InChI=1S/C24H33N3O2/c1-19-9-10-22(28-3)21(17-19)24(12-15-29-16-13-24)18-27-23(25-2)26-14-11-20-7-5-4-6-8-20/h4-10,17H,11-16,18H2,1-3H3,(H2,25,26,27). The predicted octanol–water partition coefficient (Wildman–Crippen LogP) is 3.46. The molecule has 1 aliphatic heterocycles. The second kappa shape index (κ2) is 10.3. The number of aryl methyl sites for hydroxylation is 1. The molecule has 2 N–H and O–H groups in total. The van der Waals surface area contributed by atoms with Gasteiger partial charge in [0.05, 0.1) is 7.11 Å². The lowest BCUT2D eigenvalue weighted by Gasteiger charge is -2.39. The molecule has 1 saturated heterocycles. The SMILES string of the molecule is CN=C(NCCc1ccccc1)NCC1(c2cc(C)ccc2OC)CCOCC1. The fourth-order valence-corrected chi connectivity index (χ4v) is 3.98. The van der Waals surface area contributed by atoms with Crippen molar-refractivity contribution in [1.82, 2.24) is 10.6 Å². The van der Waals surface area contributed by atoms with Gasteiger partial charge >= 0.3 is 0 Å². The molecule has 0 unspecified atom stereocenters. The van der Waals surface area contributed by atoms with E-state index in [-0.39, 0.29) is 5.41 Å². The van der Waals surface area contributed by atoms with Gasteiger partial charge in [0.15, 0.2) is 5.96 Å². The van der Waals surface area contributed by atoms with Gasteiger partial charge in [-0.2, -0.15) is 0 Å². The van der Waals surface area contributed by atoms with Gasteiger partial charge in [0.2, 0.25) is 0 Å². The molecule has 0 aliphatic carbocycles. The first-order valence-corrected chi connectivity index (χ1v) is 10.4. The fraction of sp³-hybridized carbons (Fsp3) is 0.458. The van der Waals surface area contributed by atoms with Crippen molar-refractivity contribution in [2.75, 3.05) is 40.5 Å². The zero-order valence-corrected chi connectivity index (χ0v) is 17.8. The Morgan fingerprint density at radius 3 is 2.55 bits per heavy atom. The van der Waals surface area contributed by atoms with Crippen molar-refractivity contribution in [2.45, 2.75) is 31.6 Å². The molecule has 2 aromatic carbocycles. The van der Waals surface area contributed by atoms with Gasteiger partial charge in [-0.1, -0.05) is 48.0 Å². The third kappa shape index (κ3) is 5.51. The van der Waals surface area contributed by atoms with E-state index in [0.29, 0.717) is 0 Å². The van der Waals surface area contributed by atoms with E-state index in [9.17, 15) is 0 Å². The molecule has 3 rings (SSSR count). The van der Waals surface area contributed by atoms with E-state index in [1.807, 2.05) is 13.1 Å². The van der Waals surface area contributed by atoms with E-state index in [4.69, 9.17) is 9.47 Å². The molecular formula is C24H33N3O2. The number of nitrogens with zero attached hydrogens (tertiary/aromatic N) is 1. The predicted molar refractivity (Wildman–Crippen MR) is 119 cm³/mol. The normalized spacial score (nSPS) is 16.3. The fourth-order valence-electron chi connectivity index (χ4n) is 3.98. The summed E-state index contributed by atoms with van der Waals surface area (Å²) >= 11 is 0. The number of hydrogen-bond acceptors (Lipinski definition) is 3. The maximum atomic E-state index is 5.71. The lowest BCUT2D eigenvalue weighted by Crippen LogP contribution is -2.48. The molecule has 1 heterocycles. The minimum Gasteiger partial charge on any atom is -0.496 e. The molecule has 0 bridgehead atoms. The van der Waals surface area contributed by atoms with Gasteiger partial charge in [-0.25, -0.2) is 0 Å². The summed E-state index contributed by atoms with van der Waals surface area (Å²) in [5.74, 6) is 1.78. The third-order valence-corrected chi connectivity index (χ3v) is 5.74.